The van der Waals surface area contributed by atoms with Crippen LogP contribution in [0.25, 0.3) is 10.4 Å². The smallest absolute Gasteiger partial charge is 0.263 e. The fraction of sp³-hybridized carbons (Fsp3) is 0.433. The second kappa shape index (κ2) is 12.2. The van der Waals surface area contributed by atoms with Gasteiger partial charge in [0.1, 0.15) is 12.4 Å². The maximum Gasteiger partial charge on any atom is 0.263 e. The molecule has 3 aromatic rings. The van der Waals surface area contributed by atoms with E-state index in [0.717, 1.165) is 52.6 Å². The lowest BCUT2D eigenvalue weighted by molar-refractivity contribution is 0.0729. The Kier molecular flexibility index (Phi) is 8.81. The molecule has 0 unspecified atom stereocenters. The van der Waals surface area contributed by atoms with Crippen molar-refractivity contribution in [1.82, 2.24) is 4.90 Å². The van der Waals surface area contributed by atoms with Crippen molar-refractivity contribution in [2.75, 3.05) is 13.1 Å². The number of hydrogen-bond acceptors (Lipinski definition) is 3. The minimum atomic E-state index is 0.183. The zero-order valence-electron chi connectivity index (χ0n) is 20.6. The molecule has 180 valence electrons. The molecule has 0 spiro atoms. The third-order valence-electron chi connectivity index (χ3n) is 6.73. The van der Waals surface area contributed by atoms with Gasteiger partial charge < -0.3 is 9.64 Å². The zero-order chi connectivity index (χ0) is 23.8. The van der Waals surface area contributed by atoms with Crippen molar-refractivity contribution >= 4 is 17.2 Å². The van der Waals surface area contributed by atoms with E-state index in [4.69, 9.17) is 4.74 Å². The van der Waals surface area contributed by atoms with Gasteiger partial charge in [-0.3, -0.25) is 4.79 Å². The fourth-order valence-corrected chi connectivity index (χ4v) is 5.78. The second-order valence-electron chi connectivity index (χ2n) is 9.35. The molecule has 0 N–H and O–H groups in total. The Labute approximate surface area is 208 Å². The van der Waals surface area contributed by atoms with Crippen molar-refractivity contribution < 1.29 is 9.53 Å². The maximum atomic E-state index is 12.8. The highest BCUT2D eigenvalue weighted by Crippen LogP contribution is 2.30. The molecule has 1 aliphatic heterocycles. The predicted octanol–water partition coefficient (Wildman–Crippen LogP) is 8.30. The number of piperidine rings is 1. The molecule has 0 radical (unpaired) electrons. The average molecular weight is 476 g/mol. The Morgan fingerprint density at radius 3 is 2.21 bits per heavy atom. The Bertz CT molecular complexity index is 1030. The van der Waals surface area contributed by atoms with Crippen LogP contribution in [-0.2, 0) is 6.61 Å². The molecule has 2 heterocycles. The summed E-state index contributed by atoms with van der Waals surface area (Å²) in [7, 11) is 0. The molecule has 0 saturated carbocycles. The summed E-state index contributed by atoms with van der Waals surface area (Å²) in [5.74, 6) is 1.76. The van der Waals surface area contributed by atoms with E-state index in [9.17, 15) is 4.79 Å². The van der Waals surface area contributed by atoms with Gasteiger partial charge in [-0.25, -0.2) is 0 Å². The number of nitrogens with zero attached hydrogens (tertiary/aromatic N) is 1. The summed E-state index contributed by atoms with van der Waals surface area (Å²) in [5, 5.41) is 0. The average Bonchev–Trinajstić information content (AvgIpc) is 3.38. The van der Waals surface area contributed by atoms with Gasteiger partial charge in [0, 0.05) is 18.0 Å². The summed E-state index contributed by atoms with van der Waals surface area (Å²) in [6.07, 6.45) is 8.42. The summed E-state index contributed by atoms with van der Waals surface area (Å²) in [6, 6.07) is 21.2. The van der Waals surface area contributed by atoms with Crippen molar-refractivity contribution in [3.05, 3.63) is 76.7 Å². The van der Waals surface area contributed by atoms with Gasteiger partial charge in [-0.15, -0.1) is 11.3 Å². The molecule has 1 aliphatic rings. The molecule has 1 saturated heterocycles. The number of carbonyl (C=O) groups excluding carboxylic acids is 1. The third-order valence-corrected chi connectivity index (χ3v) is 7.85. The van der Waals surface area contributed by atoms with Crippen LogP contribution in [0.15, 0.2) is 60.7 Å². The highest BCUT2D eigenvalue weighted by Gasteiger charge is 2.20. The first kappa shape index (κ1) is 24.5. The number of carbonyl (C=O) groups is 1. The van der Waals surface area contributed by atoms with E-state index in [0.29, 0.717) is 12.5 Å². The third kappa shape index (κ3) is 6.29. The van der Waals surface area contributed by atoms with Crippen LogP contribution in [0.1, 0.15) is 85.5 Å². The van der Waals surface area contributed by atoms with Gasteiger partial charge >= 0.3 is 0 Å². The lowest BCUT2D eigenvalue weighted by Gasteiger charge is -2.26. The van der Waals surface area contributed by atoms with Crippen LogP contribution < -0.4 is 4.74 Å². The first-order valence-electron chi connectivity index (χ1n) is 12.9. The SMILES string of the molecule is CCCC(CCC)c1ccc(OCc2ccc(-c3ccc(C(=O)N4CCCCC4)s3)cc2)cc1. The van der Waals surface area contributed by atoms with Crippen LogP contribution in [0, 0.1) is 0 Å². The normalized spacial score (nSPS) is 13.9. The van der Waals surface area contributed by atoms with Crippen molar-refractivity contribution in [2.45, 2.75) is 71.3 Å². The molecular weight excluding hydrogens is 438 g/mol. The molecule has 1 fully saturated rings. The van der Waals surface area contributed by atoms with Crippen molar-refractivity contribution in [3.63, 3.8) is 0 Å². The topological polar surface area (TPSA) is 29.5 Å². The Morgan fingerprint density at radius 2 is 1.56 bits per heavy atom. The molecular formula is C30H37NO2S. The van der Waals surface area contributed by atoms with Gasteiger partial charge in [0.2, 0.25) is 0 Å². The van der Waals surface area contributed by atoms with E-state index in [1.807, 2.05) is 11.0 Å². The molecule has 4 heteroatoms. The standard InChI is InChI=1S/C30H37NO2S/c1-3-8-24(9-4-2)25-14-16-27(17-15-25)33-22-23-10-12-26(13-11-23)28-18-19-29(34-28)30(32)31-20-6-5-7-21-31/h10-19,24H,3-9,20-22H2,1-2H3. The molecule has 34 heavy (non-hydrogen) atoms. The van der Waals surface area contributed by atoms with Crippen molar-refractivity contribution in [1.29, 1.82) is 0 Å². The summed E-state index contributed by atoms with van der Waals surface area (Å²) < 4.78 is 6.05. The van der Waals surface area contributed by atoms with Crippen LogP contribution in [0.4, 0.5) is 0 Å². The summed E-state index contributed by atoms with van der Waals surface area (Å²) in [5.41, 5.74) is 3.71. The van der Waals surface area contributed by atoms with Gasteiger partial charge in [0.25, 0.3) is 5.91 Å². The summed E-state index contributed by atoms with van der Waals surface area (Å²) in [6.45, 7) is 6.86. The number of amides is 1. The minimum absolute atomic E-state index is 0.183. The molecule has 0 aliphatic carbocycles. The number of thiophene rings is 1. The lowest BCUT2D eigenvalue weighted by atomic mass is 9.90. The predicted molar refractivity (Wildman–Crippen MR) is 143 cm³/mol. The van der Waals surface area contributed by atoms with E-state index in [1.165, 1.54) is 37.7 Å². The molecule has 3 nitrogen and oxygen atoms in total. The lowest BCUT2D eigenvalue weighted by Crippen LogP contribution is -2.35. The van der Waals surface area contributed by atoms with Crippen molar-refractivity contribution in [2.24, 2.45) is 0 Å². The van der Waals surface area contributed by atoms with Gasteiger partial charge in [0.05, 0.1) is 4.88 Å². The van der Waals surface area contributed by atoms with Gasteiger partial charge in [0.15, 0.2) is 0 Å². The first-order chi connectivity index (χ1) is 16.7. The molecule has 1 amide bonds. The zero-order valence-corrected chi connectivity index (χ0v) is 21.4. The molecule has 0 bridgehead atoms. The number of benzene rings is 2. The Morgan fingerprint density at radius 1 is 0.882 bits per heavy atom. The van der Waals surface area contributed by atoms with Gasteiger partial charge in [-0.1, -0.05) is 63.1 Å². The van der Waals surface area contributed by atoms with Gasteiger partial charge in [-0.2, -0.15) is 0 Å². The van der Waals surface area contributed by atoms with Crippen LogP contribution in [0.5, 0.6) is 5.75 Å². The number of rotatable bonds is 10. The van der Waals surface area contributed by atoms with Crippen LogP contribution in [-0.4, -0.2) is 23.9 Å². The van der Waals surface area contributed by atoms with E-state index in [2.05, 4.69) is 68.4 Å². The quantitative estimate of drug-likeness (QED) is 0.295. The maximum absolute atomic E-state index is 12.8. The highest BCUT2D eigenvalue weighted by molar-refractivity contribution is 7.17. The highest BCUT2D eigenvalue weighted by atomic mass is 32.1. The minimum Gasteiger partial charge on any atom is -0.489 e. The summed E-state index contributed by atoms with van der Waals surface area (Å²) in [4.78, 5) is 16.7. The molecule has 1 aromatic heterocycles. The monoisotopic (exact) mass is 475 g/mol. The van der Waals surface area contributed by atoms with Crippen molar-refractivity contribution in [3.8, 4) is 16.2 Å². The van der Waals surface area contributed by atoms with E-state index in [1.54, 1.807) is 11.3 Å². The number of likely N-dealkylation sites (tertiary alicyclic amines) is 1. The largest absolute Gasteiger partial charge is 0.489 e. The molecule has 4 rings (SSSR count). The summed E-state index contributed by atoms with van der Waals surface area (Å²) >= 11 is 1.59. The molecule has 0 atom stereocenters. The Hall–Kier alpha value is -2.59. The van der Waals surface area contributed by atoms with Crippen LogP contribution in [0.2, 0.25) is 0 Å². The van der Waals surface area contributed by atoms with Crippen LogP contribution in [0.3, 0.4) is 0 Å². The number of ether oxygens (including phenoxy) is 1. The number of hydrogen-bond donors (Lipinski definition) is 0. The van der Waals surface area contributed by atoms with E-state index >= 15 is 0 Å². The first-order valence-corrected chi connectivity index (χ1v) is 13.7. The molecule has 2 aromatic carbocycles. The van der Waals surface area contributed by atoms with Gasteiger partial charge in [-0.05, 0) is 79.0 Å². The fourth-order valence-electron chi connectivity index (χ4n) is 4.80. The van der Waals surface area contributed by atoms with E-state index in [-0.39, 0.29) is 5.91 Å². The Balaban J connectivity index is 1.33. The van der Waals surface area contributed by atoms with Crippen LogP contribution >= 0.6 is 11.3 Å². The van der Waals surface area contributed by atoms with E-state index < -0.39 is 0 Å². The second-order valence-corrected chi connectivity index (χ2v) is 10.4.